The molecule has 434 valence electrons. The fraction of sp³-hybridized carbons (Fsp3) is 0.426. The minimum absolute atomic E-state index is 0.0432. The maximum atomic E-state index is 14.3. The van der Waals surface area contributed by atoms with Gasteiger partial charge in [-0.15, -0.1) is 5.06 Å². The van der Waals surface area contributed by atoms with E-state index in [0.29, 0.717) is 117 Å². The van der Waals surface area contributed by atoms with E-state index < -0.39 is 18.1 Å². The third-order valence-electron chi connectivity index (χ3n) is 14.8. The molecule has 1 saturated heterocycles. The minimum Gasteiger partial charge on any atom is -0.493 e. The Morgan fingerprint density at radius 1 is 0.768 bits per heavy atom. The summed E-state index contributed by atoms with van der Waals surface area (Å²) in [6.07, 6.45) is 3.12. The normalized spacial score (nSPS) is 17.7. The third kappa shape index (κ3) is 13.4. The molecule has 0 bridgehead atoms. The van der Waals surface area contributed by atoms with E-state index >= 15 is 0 Å². The summed E-state index contributed by atoms with van der Waals surface area (Å²) in [6.45, 7) is 8.37. The molecule has 1 fully saturated rings. The zero-order valence-electron chi connectivity index (χ0n) is 46.9. The number of nitrogens with zero attached hydrogens (tertiary/aromatic N) is 5. The van der Waals surface area contributed by atoms with E-state index in [0.717, 1.165) is 50.8 Å². The topological polar surface area (TPSA) is 200 Å². The summed E-state index contributed by atoms with van der Waals surface area (Å²) in [4.78, 5) is 69.2. The van der Waals surface area contributed by atoms with Crippen molar-refractivity contribution in [2.45, 2.75) is 88.6 Å². The highest BCUT2D eigenvalue weighted by molar-refractivity contribution is 8.77. The molecule has 82 heavy (non-hydrogen) atoms. The highest BCUT2D eigenvalue weighted by atomic mass is 33.1. The van der Waals surface area contributed by atoms with Gasteiger partial charge in [-0.3, -0.25) is 24.3 Å². The number of hydrogen-bond donors (Lipinski definition) is 2. The molecule has 0 saturated carbocycles. The van der Waals surface area contributed by atoms with Gasteiger partial charge in [0.15, 0.2) is 29.2 Å². The number of aliphatic imine (C=N–C) groups is 1. The standard InChI is InChI=1S/C61H70N6O13S2/c1-61(2,82-81-24-10-15-58(70)80-67-56(68)16-17-57(67)69)38-64(18-19-76-22-23-77-21-20-73-3)43-26-39(36-78-54-32-48-46(30-52(54)74-4)59(71)65-44(34-62-48)28-41-11-6-8-13-50(41)65)25-40(27-43)37-79-55-33-49-47(31-53(55)75-5)60(72)66-45(35-63-49)29-42-12-7-9-14-51(42)66/h6-9,11-14,25-27,30-34,44-45,56,63,68H,10,15-24,28-29,35-38H2,1-5H3/t44-,45-,56?/m0/s1. The number of carbonyl (C=O) groups is 4. The molecule has 3 atom stereocenters. The summed E-state index contributed by atoms with van der Waals surface area (Å²) in [7, 11) is 8.09. The van der Waals surface area contributed by atoms with Crippen LogP contribution in [0.3, 0.4) is 0 Å². The van der Waals surface area contributed by atoms with Gasteiger partial charge in [-0.05, 0) is 91.4 Å². The summed E-state index contributed by atoms with van der Waals surface area (Å²) in [6, 6.07) is 29.0. The Morgan fingerprint density at radius 3 is 2.11 bits per heavy atom. The molecule has 5 aromatic carbocycles. The number of anilines is 4. The van der Waals surface area contributed by atoms with Crippen LogP contribution in [0.2, 0.25) is 0 Å². The van der Waals surface area contributed by atoms with E-state index in [1.807, 2.05) is 65.7 Å². The number of methoxy groups -OCH3 is 3. The fourth-order valence-electron chi connectivity index (χ4n) is 10.8. The predicted molar refractivity (Wildman–Crippen MR) is 316 cm³/mol. The van der Waals surface area contributed by atoms with Gasteiger partial charge < -0.3 is 58.2 Å². The SMILES string of the molecule is COCCOCCOCCN(CC(C)(C)SSCCCC(=O)ON1C(=O)CCC1O)c1cc(COc2cc3c(cc2OC)C(=O)N2c4ccccc4C[C@H]2C=N3)cc(COc2cc3c(cc2OC)C(=O)N2c4ccccc4C[C@H]2CN3)c1. The molecule has 0 spiro atoms. The van der Waals surface area contributed by atoms with Crippen molar-refractivity contribution >= 4 is 79.9 Å². The van der Waals surface area contributed by atoms with E-state index in [2.05, 4.69) is 42.3 Å². The smallest absolute Gasteiger partial charge is 0.332 e. The second-order valence-electron chi connectivity index (χ2n) is 21.2. The van der Waals surface area contributed by atoms with E-state index in [1.165, 1.54) is 0 Å². The number of rotatable bonds is 27. The average molecular weight is 1160 g/mol. The monoisotopic (exact) mass is 1160 g/mol. The van der Waals surface area contributed by atoms with Gasteiger partial charge in [-0.2, -0.15) is 0 Å². The summed E-state index contributed by atoms with van der Waals surface area (Å²) in [5, 5.41) is 14.4. The zero-order valence-corrected chi connectivity index (χ0v) is 48.5. The maximum Gasteiger partial charge on any atom is 0.332 e. The van der Waals surface area contributed by atoms with Crippen molar-refractivity contribution in [1.82, 2.24) is 5.06 Å². The highest BCUT2D eigenvalue weighted by Crippen LogP contribution is 2.44. The van der Waals surface area contributed by atoms with Crippen LogP contribution in [0.25, 0.3) is 0 Å². The van der Waals surface area contributed by atoms with Gasteiger partial charge in [0.25, 0.3) is 17.7 Å². The minimum atomic E-state index is -1.11. The van der Waals surface area contributed by atoms with Gasteiger partial charge in [0, 0.05) is 98.3 Å². The van der Waals surface area contributed by atoms with Gasteiger partial charge in [-0.1, -0.05) is 58.0 Å². The Hall–Kier alpha value is -7.01. The first-order valence-corrected chi connectivity index (χ1v) is 30.0. The van der Waals surface area contributed by atoms with Crippen molar-refractivity contribution in [3.8, 4) is 23.0 Å². The van der Waals surface area contributed by atoms with Crippen molar-refractivity contribution in [2.24, 2.45) is 4.99 Å². The molecule has 5 heterocycles. The summed E-state index contributed by atoms with van der Waals surface area (Å²) in [5.41, 5.74) is 8.61. The number of carbonyl (C=O) groups excluding carboxylic acids is 4. The Bertz CT molecular complexity index is 3180. The van der Waals surface area contributed by atoms with Crippen molar-refractivity contribution in [2.75, 3.05) is 99.8 Å². The van der Waals surface area contributed by atoms with Crippen molar-refractivity contribution in [3.63, 3.8) is 0 Å². The molecule has 0 radical (unpaired) electrons. The number of aliphatic hydroxyl groups excluding tert-OH is 1. The van der Waals surface area contributed by atoms with Crippen molar-refractivity contribution in [3.05, 3.63) is 124 Å². The van der Waals surface area contributed by atoms with Crippen LogP contribution in [-0.2, 0) is 54.7 Å². The fourth-order valence-corrected chi connectivity index (χ4v) is 13.4. The Morgan fingerprint density at radius 2 is 1.41 bits per heavy atom. The van der Waals surface area contributed by atoms with Gasteiger partial charge in [0.1, 0.15) is 13.2 Å². The predicted octanol–water partition coefficient (Wildman–Crippen LogP) is 8.97. The van der Waals surface area contributed by atoms with E-state index in [4.69, 9.17) is 43.0 Å². The number of benzene rings is 5. The van der Waals surface area contributed by atoms with Gasteiger partial charge in [-0.25, -0.2) is 4.79 Å². The molecule has 0 aliphatic carbocycles. The summed E-state index contributed by atoms with van der Waals surface area (Å²) >= 11 is 0. The van der Waals surface area contributed by atoms with Crippen LogP contribution in [0.1, 0.15) is 82.5 Å². The maximum absolute atomic E-state index is 14.3. The Labute approximate surface area is 485 Å². The van der Waals surface area contributed by atoms with Crippen molar-refractivity contribution < 1.29 is 62.3 Å². The zero-order chi connectivity index (χ0) is 57.3. The van der Waals surface area contributed by atoms with E-state index in [9.17, 15) is 24.3 Å². The first-order chi connectivity index (χ1) is 39.8. The van der Waals surface area contributed by atoms with Gasteiger partial charge in [0.2, 0.25) is 0 Å². The van der Waals surface area contributed by atoms with Gasteiger partial charge >= 0.3 is 5.97 Å². The van der Waals surface area contributed by atoms with Crippen LogP contribution in [-0.4, -0.2) is 143 Å². The highest BCUT2D eigenvalue weighted by Gasteiger charge is 2.39. The van der Waals surface area contributed by atoms with Crippen LogP contribution < -0.4 is 39.0 Å². The number of ether oxygens (including phenoxy) is 7. The quantitative estimate of drug-likeness (QED) is 0.0373. The lowest BCUT2D eigenvalue weighted by atomic mass is 10.1. The first kappa shape index (κ1) is 58.2. The second-order valence-corrected chi connectivity index (χ2v) is 24.3. The average Bonchev–Trinajstić information content (AvgIpc) is 3.00. The third-order valence-corrected chi connectivity index (χ3v) is 18.1. The lowest BCUT2D eigenvalue weighted by molar-refractivity contribution is -0.220. The summed E-state index contributed by atoms with van der Waals surface area (Å²) < 4.78 is 41.8. The number of nitrogens with one attached hydrogen (secondary N) is 1. The number of fused-ring (bicyclic) bond motifs is 8. The molecule has 19 nitrogen and oxygen atoms in total. The molecule has 2 N–H and O–H groups in total. The molecular weight excluding hydrogens is 1090 g/mol. The lowest BCUT2D eigenvalue weighted by Gasteiger charge is -2.34. The van der Waals surface area contributed by atoms with Crippen LogP contribution >= 0.6 is 21.6 Å². The van der Waals surface area contributed by atoms with E-state index in [-0.39, 0.29) is 61.1 Å². The molecule has 5 aliphatic rings. The number of hydrogen-bond acceptors (Lipinski definition) is 18. The Balaban J connectivity index is 0.907. The molecule has 21 heteroatoms. The molecule has 5 aliphatic heterocycles. The number of hydroxylamine groups is 2. The van der Waals surface area contributed by atoms with Crippen LogP contribution in [0.15, 0.2) is 96.0 Å². The number of aliphatic hydroxyl groups is 1. The molecular formula is C61H70N6O13S2. The van der Waals surface area contributed by atoms with E-state index in [1.54, 1.807) is 66.0 Å². The number of para-hydroxylation sites is 2. The molecule has 0 aromatic heterocycles. The van der Waals surface area contributed by atoms with Gasteiger partial charge in [0.05, 0.1) is 81.8 Å². The Kier molecular flexibility index (Phi) is 18.8. The largest absolute Gasteiger partial charge is 0.493 e. The lowest BCUT2D eigenvalue weighted by Crippen LogP contribution is -2.39. The van der Waals surface area contributed by atoms with Crippen LogP contribution in [0.5, 0.6) is 23.0 Å². The molecule has 10 rings (SSSR count). The number of amides is 3. The molecule has 3 amide bonds. The van der Waals surface area contributed by atoms with Crippen LogP contribution in [0.4, 0.5) is 28.4 Å². The second kappa shape index (κ2) is 26.5. The molecule has 1 unspecified atom stereocenters. The summed E-state index contributed by atoms with van der Waals surface area (Å²) in [5.74, 6) is 1.09. The van der Waals surface area contributed by atoms with Crippen molar-refractivity contribution in [1.29, 1.82) is 0 Å². The van der Waals surface area contributed by atoms with Crippen LogP contribution in [0, 0.1) is 0 Å². The first-order valence-electron chi connectivity index (χ1n) is 27.7. The molecule has 5 aromatic rings.